The molecule has 3 heterocycles. The van der Waals surface area contributed by atoms with Crippen LogP contribution in [0.3, 0.4) is 0 Å². The number of fused-ring (bicyclic) bond motifs is 8. The Bertz CT molecular complexity index is 3220. The second-order valence-corrected chi connectivity index (χ2v) is 24.5. The molecule has 0 amide bonds. The number of aromatic nitrogens is 2. The topological polar surface area (TPSA) is 35.0 Å². The van der Waals surface area contributed by atoms with Crippen molar-refractivity contribution >= 4 is 0 Å². The average molecular weight is 1110 g/mol. The smallest absolute Gasteiger partial charge is 0.457 e. The Morgan fingerprint density at radius 2 is 0.789 bits per heavy atom. The number of rotatable bonds is 4. The summed E-state index contributed by atoms with van der Waals surface area (Å²) in [6.07, 6.45) is 0. The van der Waals surface area contributed by atoms with Crippen LogP contribution in [-0.2, 0) is 59.0 Å². The minimum absolute atomic E-state index is 0. The Morgan fingerprint density at radius 1 is 0.408 bits per heavy atom. The van der Waals surface area contributed by atoms with E-state index in [4.69, 9.17) is 14.7 Å². The summed E-state index contributed by atoms with van der Waals surface area (Å²) in [4.78, 5) is 12.2. The molecule has 2 aromatic heterocycles. The maximum Gasteiger partial charge on any atom is 2.00 e. The monoisotopic (exact) mass is 1110 g/mol. The SMILES string of the molecule is CC(C)(C)c1ccccc1-c1ccc2c(c1)C(c1ccc3c(n1)-c1[c-]cccc1C(C)(C)C3(C)C)(c1ccc3c(n1)-c1[c-]cccc1C(C)(C)C3(C)C)c1cc(-c3ccccc3C(C)(C)C)ccc1O2.[Pt+2]. The van der Waals surface area contributed by atoms with E-state index >= 15 is 0 Å². The van der Waals surface area contributed by atoms with Crippen molar-refractivity contribution in [3.63, 3.8) is 0 Å². The fourth-order valence-electron chi connectivity index (χ4n) is 12.3. The number of benzene rings is 6. The zero-order chi connectivity index (χ0) is 49.6. The molecule has 0 atom stereocenters. The van der Waals surface area contributed by atoms with Crippen LogP contribution < -0.4 is 4.74 Å². The van der Waals surface area contributed by atoms with E-state index in [0.29, 0.717) is 0 Å². The van der Waals surface area contributed by atoms with Crippen LogP contribution in [0, 0.1) is 12.1 Å². The summed E-state index contributed by atoms with van der Waals surface area (Å²) in [6.45, 7) is 32.8. The summed E-state index contributed by atoms with van der Waals surface area (Å²) < 4.78 is 7.24. The second kappa shape index (κ2) is 16.3. The molecule has 71 heavy (non-hydrogen) atoms. The predicted molar refractivity (Wildman–Crippen MR) is 289 cm³/mol. The zero-order valence-corrected chi connectivity index (χ0v) is 46.2. The fraction of sp³-hybridized carbons (Fsp3) is 0.313. The van der Waals surface area contributed by atoms with Crippen LogP contribution in [0.25, 0.3) is 44.8 Å². The molecule has 360 valence electrons. The number of hydrogen-bond acceptors (Lipinski definition) is 3. The molecular weight excluding hydrogens is 1040 g/mol. The first kappa shape index (κ1) is 48.7. The number of pyridine rings is 2. The van der Waals surface area contributed by atoms with Crippen LogP contribution >= 0.6 is 0 Å². The minimum Gasteiger partial charge on any atom is -0.457 e. The molecule has 0 spiro atoms. The third-order valence-electron chi connectivity index (χ3n) is 17.6. The van der Waals surface area contributed by atoms with Gasteiger partial charge in [-0.25, -0.2) is 0 Å². The molecule has 11 rings (SSSR count). The van der Waals surface area contributed by atoms with Gasteiger partial charge in [0.15, 0.2) is 0 Å². The molecule has 3 aliphatic rings. The van der Waals surface area contributed by atoms with E-state index in [1.807, 2.05) is 12.1 Å². The van der Waals surface area contributed by atoms with Crippen LogP contribution in [0.2, 0.25) is 0 Å². The molecule has 0 saturated carbocycles. The van der Waals surface area contributed by atoms with Gasteiger partial charge in [-0.05, 0) is 114 Å². The van der Waals surface area contributed by atoms with E-state index in [9.17, 15) is 0 Å². The molecule has 4 heteroatoms. The third kappa shape index (κ3) is 6.99. The van der Waals surface area contributed by atoms with Crippen LogP contribution in [0.4, 0.5) is 0 Å². The van der Waals surface area contributed by atoms with E-state index in [-0.39, 0.29) is 53.6 Å². The minimum atomic E-state index is -1.08. The van der Waals surface area contributed by atoms with Crippen molar-refractivity contribution in [2.45, 2.75) is 135 Å². The molecule has 0 fully saturated rings. The van der Waals surface area contributed by atoms with Gasteiger partial charge in [0.1, 0.15) is 16.9 Å². The zero-order valence-electron chi connectivity index (χ0n) is 44.0. The van der Waals surface area contributed by atoms with Gasteiger partial charge in [0.25, 0.3) is 0 Å². The van der Waals surface area contributed by atoms with Gasteiger partial charge in [0.2, 0.25) is 0 Å². The predicted octanol–water partition coefficient (Wildman–Crippen LogP) is 17.0. The molecular formula is C67H66N2OPt. The number of nitrogens with zero attached hydrogens (tertiary/aromatic N) is 2. The van der Waals surface area contributed by atoms with Crippen molar-refractivity contribution < 1.29 is 25.8 Å². The summed E-state index contributed by atoms with van der Waals surface area (Å²) in [5.74, 6) is 1.57. The van der Waals surface area contributed by atoms with Crippen molar-refractivity contribution in [1.29, 1.82) is 0 Å². The Labute approximate surface area is 437 Å². The van der Waals surface area contributed by atoms with Gasteiger partial charge < -0.3 is 4.74 Å². The van der Waals surface area contributed by atoms with Crippen molar-refractivity contribution in [1.82, 2.24) is 9.97 Å². The second-order valence-electron chi connectivity index (χ2n) is 24.5. The van der Waals surface area contributed by atoms with Crippen molar-refractivity contribution in [3.8, 4) is 56.3 Å². The summed E-state index contributed by atoms with van der Waals surface area (Å²) in [5, 5.41) is 0. The summed E-state index contributed by atoms with van der Waals surface area (Å²) in [6, 6.07) is 61.0. The first-order chi connectivity index (χ1) is 33.0. The summed E-state index contributed by atoms with van der Waals surface area (Å²) in [5.41, 5.74) is 17.8. The van der Waals surface area contributed by atoms with Crippen LogP contribution in [0.5, 0.6) is 11.5 Å². The molecule has 6 aromatic carbocycles. The van der Waals surface area contributed by atoms with Gasteiger partial charge in [-0.3, -0.25) is 9.97 Å². The molecule has 0 radical (unpaired) electrons. The Balaban J connectivity index is 0.00000582. The maximum atomic E-state index is 7.24. The van der Waals surface area contributed by atoms with E-state index in [2.05, 4.69) is 243 Å². The molecule has 2 aliphatic carbocycles. The maximum absolute atomic E-state index is 7.24. The third-order valence-corrected chi connectivity index (χ3v) is 17.6. The van der Waals surface area contributed by atoms with Gasteiger partial charge in [0, 0.05) is 11.1 Å². The van der Waals surface area contributed by atoms with E-state index in [1.54, 1.807) is 0 Å². The number of ether oxygens (including phenoxy) is 1. The first-order valence-electron chi connectivity index (χ1n) is 25.2. The van der Waals surface area contributed by atoms with Crippen LogP contribution in [-0.4, -0.2) is 9.97 Å². The molecule has 3 nitrogen and oxygen atoms in total. The Morgan fingerprint density at radius 3 is 1.18 bits per heavy atom. The van der Waals surface area contributed by atoms with Gasteiger partial charge in [0.05, 0.1) is 11.4 Å². The van der Waals surface area contributed by atoms with E-state index in [1.165, 1.54) is 44.5 Å². The molecule has 0 bridgehead atoms. The van der Waals surface area contributed by atoms with Crippen LogP contribution in [0.15, 0.2) is 146 Å². The Hall–Kier alpha value is -5.89. The summed E-state index contributed by atoms with van der Waals surface area (Å²) in [7, 11) is 0. The van der Waals surface area contributed by atoms with Crippen molar-refractivity contribution in [3.05, 3.63) is 214 Å². The van der Waals surface area contributed by atoms with Gasteiger partial charge in [-0.1, -0.05) is 181 Å². The number of hydrogen-bond donors (Lipinski definition) is 0. The molecule has 0 N–H and O–H groups in total. The van der Waals surface area contributed by atoms with Gasteiger partial charge >= 0.3 is 21.1 Å². The molecule has 1 aliphatic heterocycles. The van der Waals surface area contributed by atoms with E-state index < -0.39 is 5.41 Å². The molecule has 0 unspecified atom stereocenters. The summed E-state index contributed by atoms with van der Waals surface area (Å²) >= 11 is 0. The van der Waals surface area contributed by atoms with E-state index in [0.717, 1.165) is 67.7 Å². The van der Waals surface area contributed by atoms with Crippen molar-refractivity contribution in [2.24, 2.45) is 0 Å². The van der Waals surface area contributed by atoms with Crippen LogP contribution in [0.1, 0.15) is 153 Å². The fourth-order valence-corrected chi connectivity index (χ4v) is 12.3. The normalized spacial score (nSPS) is 17.2. The van der Waals surface area contributed by atoms with Crippen molar-refractivity contribution in [2.75, 3.05) is 0 Å². The molecule has 8 aromatic rings. The first-order valence-corrected chi connectivity index (χ1v) is 25.2. The average Bonchev–Trinajstić information content (AvgIpc) is 3.33. The Kier molecular flexibility index (Phi) is 11.2. The largest absolute Gasteiger partial charge is 2.00 e. The quantitative estimate of drug-likeness (QED) is 0.165. The molecule has 0 saturated heterocycles. The van der Waals surface area contributed by atoms with Gasteiger partial charge in [-0.15, -0.1) is 70.8 Å². The van der Waals surface area contributed by atoms with Gasteiger partial charge in [-0.2, -0.15) is 0 Å². The standard InChI is InChI=1S/C67H66N2O.Pt/c1-61(2,3)47-27-19-15-23-43(47)41-31-35-55-53(39-41)67(54-40-42(32-36-56(54)70-55)44-24-16-20-28-48(44)62(4,5)6,57-37-33-51-59(68-57)45-25-17-21-29-49(45)63(7,8)65(51,11)12)58-38-34-52-60(69-58)46-26-18-22-30-50(46)64(9,10)66(52,13)14;/h15-24,27-40H,1-14H3;/q-2;+2.